The maximum atomic E-state index is 12.5. The third kappa shape index (κ3) is 4.14. The normalized spacial score (nSPS) is 11.7. The molecule has 0 heterocycles. The van der Waals surface area contributed by atoms with Gasteiger partial charge in [-0.25, -0.2) is 4.79 Å². The summed E-state index contributed by atoms with van der Waals surface area (Å²) in [6, 6.07) is 21.7. The highest BCUT2D eigenvalue weighted by Crippen LogP contribution is 2.24. The summed E-state index contributed by atoms with van der Waals surface area (Å²) in [7, 11) is 0. The van der Waals surface area contributed by atoms with Crippen molar-refractivity contribution >= 4 is 28.4 Å². The fraction of sp³-hybridized carbons (Fsp3) is 0.100. The molecule has 0 radical (unpaired) electrons. The molecule has 1 unspecified atom stereocenters. The molecule has 0 spiro atoms. The number of carbonyl (C=O) groups is 2. The Morgan fingerprint density at radius 1 is 0.880 bits per heavy atom. The molecular formula is C20H19N3O2. The lowest BCUT2D eigenvalue weighted by Crippen LogP contribution is -2.35. The van der Waals surface area contributed by atoms with Gasteiger partial charge in [-0.15, -0.1) is 0 Å². The minimum absolute atomic E-state index is 0.0934. The summed E-state index contributed by atoms with van der Waals surface area (Å²) >= 11 is 0. The van der Waals surface area contributed by atoms with Crippen LogP contribution in [-0.2, 0) is 4.79 Å². The van der Waals surface area contributed by atoms with Crippen molar-refractivity contribution in [2.45, 2.75) is 12.5 Å². The number of amides is 3. The van der Waals surface area contributed by atoms with E-state index in [4.69, 9.17) is 5.73 Å². The number of benzene rings is 3. The Hall–Kier alpha value is -3.34. The van der Waals surface area contributed by atoms with Crippen LogP contribution in [0.5, 0.6) is 0 Å². The Morgan fingerprint density at radius 3 is 2.32 bits per heavy atom. The maximum Gasteiger partial charge on any atom is 0.312 e. The van der Waals surface area contributed by atoms with E-state index in [0.717, 1.165) is 22.0 Å². The first-order valence-electron chi connectivity index (χ1n) is 8.02. The van der Waals surface area contributed by atoms with E-state index in [0.29, 0.717) is 0 Å². The van der Waals surface area contributed by atoms with E-state index < -0.39 is 12.1 Å². The van der Waals surface area contributed by atoms with Crippen molar-refractivity contribution < 1.29 is 9.59 Å². The van der Waals surface area contributed by atoms with Crippen LogP contribution in [-0.4, -0.2) is 11.9 Å². The summed E-state index contributed by atoms with van der Waals surface area (Å²) in [6.45, 7) is 0. The van der Waals surface area contributed by atoms with Crippen LogP contribution in [0, 0.1) is 0 Å². The summed E-state index contributed by atoms with van der Waals surface area (Å²) in [5, 5.41) is 7.58. The molecule has 0 aliphatic heterocycles. The predicted molar refractivity (Wildman–Crippen MR) is 99.1 cm³/mol. The van der Waals surface area contributed by atoms with Crippen LogP contribution < -0.4 is 16.4 Å². The smallest absolute Gasteiger partial charge is 0.312 e. The number of primary amides is 1. The molecule has 3 rings (SSSR count). The molecule has 1 atom stereocenters. The van der Waals surface area contributed by atoms with Crippen LogP contribution in [0.1, 0.15) is 18.0 Å². The second-order valence-electron chi connectivity index (χ2n) is 5.75. The molecule has 0 bridgehead atoms. The van der Waals surface area contributed by atoms with Crippen molar-refractivity contribution in [3.05, 3.63) is 78.4 Å². The summed E-state index contributed by atoms with van der Waals surface area (Å²) in [6.07, 6.45) is 0.0934. The second-order valence-corrected chi connectivity index (χ2v) is 5.75. The molecule has 3 aromatic carbocycles. The molecule has 0 aromatic heterocycles. The Balaban J connectivity index is 1.78. The van der Waals surface area contributed by atoms with Crippen molar-refractivity contribution in [2.75, 3.05) is 5.32 Å². The van der Waals surface area contributed by atoms with Crippen LogP contribution in [0.15, 0.2) is 72.8 Å². The molecule has 5 nitrogen and oxygen atoms in total. The van der Waals surface area contributed by atoms with Gasteiger partial charge in [0.25, 0.3) is 0 Å². The molecule has 3 aromatic rings. The van der Waals surface area contributed by atoms with Crippen LogP contribution in [0.4, 0.5) is 10.5 Å². The highest BCUT2D eigenvalue weighted by molar-refractivity contribution is 6.02. The third-order valence-electron chi connectivity index (χ3n) is 3.97. The Labute approximate surface area is 145 Å². The Kier molecular flexibility index (Phi) is 4.95. The monoisotopic (exact) mass is 333 g/mol. The van der Waals surface area contributed by atoms with Gasteiger partial charge in [-0.3, -0.25) is 4.79 Å². The maximum absolute atomic E-state index is 12.5. The second kappa shape index (κ2) is 7.49. The number of carbonyl (C=O) groups excluding carboxylic acids is 2. The van der Waals surface area contributed by atoms with Crippen molar-refractivity contribution in [1.29, 1.82) is 0 Å². The van der Waals surface area contributed by atoms with Gasteiger partial charge in [-0.1, -0.05) is 66.7 Å². The summed E-state index contributed by atoms with van der Waals surface area (Å²) in [4.78, 5) is 23.8. The molecule has 0 aliphatic rings. The van der Waals surface area contributed by atoms with Crippen molar-refractivity contribution in [3.8, 4) is 0 Å². The zero-order chi connectivity index (χ0) is 17.6. The predicted octanol–water partition coefficient (Wildman–Crippen LogP) is 3.58. The molecule has 3 amide bonds. The summed E-state index contributed by atoms with van der Waals surface area (Å²) < 4.78 is 0. The number of fused-ring (bicyclic) bond motifs is 1. The topological polar surface area (TPSA) is 84.2 Å². The van der Waals surface area contributed by atoms with Crippen molar-refractivity contribution in [1.82, 2.24) is 5.32 Å². The Bertz CT molecular complexity index is 888. The van der Waals surface area contributed by atoms with Gasteiger partial charge in [0.05, 0.1) is 12.5 Å². The zero-order valence-corrected chi connectivity index (χ0v) is 13.6. The number of anilines is 1. The first-order chi connectivity index (χ1) is 12.1. The number of hydrogen-bond acceptors (Lipinski definition) is 2. The summed E-state index contributed by atoms with van der Waals surface area (Å²) in [5.74, 6) is -0.195. The first kappa shape index (κ1) is 16.5. The van der Waals surface area contributed by atoms with Gasteiger partial charge in [-0.2, -0.15) is 0 Å². The third-order valence-corrected chi connectivity index (χ3v) is 3.97. The van der Waals surface area contributed by atoms with Crippen LogP contribution in [0.2, 0.25) is 0 Å². The minimum Gasteiger partial charge on any atom is -0.352 e. The fourth-order valence-corrected chi connectivity index (χ4v) is 2.83. The number of nitrogens with two attached hydrogens (primary N) is 1. The van der Waals surface area contributed by atoms with E-state index >= 15 is 0 Å². The molecule has 5 heteroatoms. The largest absolute Gasteiger partial charge is 0.352 e. The zero-order valence-electron chi connectivity index (χ0n) is 13.6. The van der Waals surface area contributed by atoms with Gasteiger partial charge in [0.2, 0.25) is 5.91 Å². The van der Waals surface area contributed by atoms with Crippen LogP contribution in [0.25, 0.3) is 10.8 Å². The van der Waals surface area contributed by atoms with Crippen LogP contribution >= 0.6 is 0 Å². The average Bonchev–Trinajstić information content (AvgIpc) is 2.62. The number of rotatable bonds is 5. The molecule has 4 N–H and O–H groups in total. The van der Waals surface area contributed by atoms with Gasteiger partial charge in [0.1, 0.15) is 0 Å². The van der Waals surface area contributed by atoms with Crippen molar-refractivity contribution in [3.63, 3.8) is 0 Å². The molecule has 0 saturated carbocycles. The number of nitrogens with one attached hydrogen (secondary N) is 2. The lowest BCUT2D eigenvalue weighted by atomic mass is 10.0. The van der Waals surface area contributed by atoms with E-state index in [2.05, 4.69) is 10.6 Å². The minimum atomic E-state index is -0.660. The number of urea groups is 1. The van der Waals surface area contributed by atoms with Gasteiger partial charge >= 0.3 is 6.03 Å². The molecular weight excluding hydrogens is 314 g/mol. The summed E-state index contributed by atoms with van der Waals surface area (Å²) in [5.41, 5.74) is 6.82. The van der Waals surface area contributed by atoms with E-state index in [1.54, 1.807) is 0 Å². The van der Waals surface area contributed by atoms with E-state index in [1.807, 2.05) is 72.8 Å². The van der Waals surface area contributed by atoms with E-state index in [-0.39, 0.29) is 12.3 Å². The van der Waals surface area contributed by atoms with Crippen LogP contribution in [0.3, 0.4) is 0 Å². The highest BCUT2D eigenvalue weighted by atomic mass is 16.2. The number of hydrogen-bond donors (Lipinski definition) is 3. The molecule has 0 aliphatic carbocycles. The lowest BCUT2D eigenvalue weighted by Gasteiger charge is -2.18. The Morgan fingerprint density at radius 2 is 1.56 bits per heavy atom. The molecule has 0 saturated heterocycles. The molecule has 126 valence electrons. The lowest BCUT2D eigenvalue weighted by molar-refractivity contribution is -0.116. The fourth-order valence-electron chi connectivity index (χ4n) is 2.83. The van der Waals surface area contributed by atoms with Gasteiger partial charge in [-0.05, 0) is 17.0 Å². The van der Waals surface area contributed by atoms with Gasteiger partial charge in [0.15, 0.2) is 0 Å². The highest BCUT2D eigenvalue weighted by Gasteiger charge is 2.17. The van der Waals surface area contributed by atoms with E-state index in [9.17, 15) is 9.59 Å². The molecule has 0 fully saturated rings. The standard InChI is InChI=1S/C20H19N3O2/c21-20(25)23-18(15-8-2-1-3-9-15)13-19(24)22-17-12-6-10-14-7-4-5-11-16(14)17/h1-12,18H,13H2,(H,22,24)(H3,21,23,25). The van der Waals surface area contributed by atoms with E-state index in [1.165, 1.54) is 0 Å². The van der Waals surface area contributed by atoms with Crippen molar-refractivity contribution in [2.24, 2.45) is 5.73 Å². The molecule has 25 heavy (non-hydrogen) atoms. The van der Waals surface area contributed by atoms with Gasteiger partial charge < -0.3 is 16.4 Å². The van der Waals surface area contributed by atoms with Gasteiger partial charge in [0, 0.05) is 11.1 Å². The SMILES string of the molecule is NC(=O)NC(CC(=O)Nc1cccc2ccccc12)c1ccccc1. The average molecular weight is 333 g/mol. The first-order valence-corrected chi connectivity index (χ1v) is 8.02. The quantitative estimate of drug-likeness (QED) is 0.667.